The zero-order valence-corrected chi connectivity index (χ0v) is 14.4. The number of hydrogen-bond donors (Lipinski definition) is 4. The Bertz CT molecular complexity index is 830. The fourth-order valence-electron chi connectivity index (χ4n) is 2.01. The van der Waals surface area contributed by atoms with E-state index in [0.29, 0.717) is 13.0 Å². The molecule has 1 heterocycles. The van der Waals surface area contributed by atoms with Gasteiger partial charge in [0.1, 0.15) is 12.3 Å². The van der Waals surface area contributed by atoms with Crippen molar-refractivity contribution in [2.75, 3.05) is 6.54 Å². The van der Waals surface area contributed by atoms with Crippen molar-refractivity contribution in [3.63, 3.8) is 0 Å². The van der Waals surface area contributed by atoms with Crippen LogP contribution in [-0.2, 0) is 16.4 Å². The Morgan fingerprint density at radius 2 is 2.00 bits per heavy atom. The third-order valence-electron chi connectivity index (χ3n) is 3.51. The Balaban J connectivity index is 1.88. The number of aromatic nitrogens is 1. The normalized spacial score (nSPS) is 14.1. The van der Waals surface area contributed by atoms with Gasteiger partial charge < -0.3 is 20.6 Å². The first-order valence-electron chi connectivity index (χ1n) is 7.47. The minimum absolute atomic E-state index is 0.0323. The number of rotatable bonds is 7. The summed E-state index contributed by atoms with van der Waals surface area (Å²) in [6.07, 6.45) is 0.817. The number of amides is 1. The lowest BCUT2D eigenvalue weighted by molar-refractivity contribution is 0.0948. The standard InChI is InChI=1S/C15H20N4O5S/c1-9(20)13(16)15-19-12(8-24-15)14(21)18-7-6-10-2-4-11(5-3-10)25(17,22)23/h2-5,8-9,13,20H,6-7,16H2,1H3,(H,18,21)(H2,17,22,23). The molecule has 0 spiro atoms. The second kappa shape index (κ2) is 7.74. The summed E-state index contributed by atoms with van der Waals surface area (Å²) in [5.41, 5.74) is 6.58. The molecule has 0 saturated heterocycles. The van der Waals surface area contributed by atoms with Gasteiger partial charge in [-0.25, -0.2) is 18.5 Å². The van der Waals surface area contributed by atoms with E-state index >= 15 is 0 Å². The van der Waals surface area contributed by atoms with Gasteiger partial charge >= 0.3 is 0 Å². The number of carbonyl (C=O) groups excluding carboxylic acids is 1. The van der Waals surface area contributed by atoms with E-state index in [2.05, 4.69) is 10.3 Å². The molecule has 0 aliphatic rings. The molecule has 2 unspecified atom stereocenters. The van der Waals surface area contributed by atoms with E-state index in [4.69, 9.17) is 15.3 Å². The summed E-state index contributed by atoms with van der Waals surface area (Å²) in [5, 5.41) is 17.1. The molecule has 1 amide bonds. The molecule has 6 N–H and O–H groups in total. The molecule has 0 fully saturated rings. The fourth-order valence-corrected chi connectivity index (χ4v) is 2.52. The van der Waals surface area contributed by atoms with Crippen molar-refractivity contribution in [3.05, 3.63) is 47.7 Å². The van der Waals surface area contributed by atoms with Crippen LogP contribution in [0.3, 0.4) is 0 Å². The Labute approximate surface area is 145 Å². The third kappa shape index (κ3) is 5.10. The zero-order chi connectivity index (χ0) is 18.6. The van der Waals surface area contributed by atoms with Crippen LogP contribution in [0.1, 0.15) is 34.9 Å². The molecule has 0 saturated carbocycles. The molecule has 2 aromatic rings. The Morgan fingerprint density at radius 1 is 1.36 bits per heavy atom. The lowest BCUT2D eigenvalue weighted by Crippen LogP contribution is -2.27. The first-order valence-corrected chi connectivity index (χ1v) is 9.02. The van der Waals surface area contributed by atoms with Crippen molar-refractivity contribution in [2.45, 2.75) is 30.4 Å². The van der Waals surface area contributed by atoms with Gasteiger partial charge in [0.2, 0.25) is 15.9 Å². The Hall–Kier alpha value is -2.27. The SMILES string of the molecule is CC(O)C(N)c1nc(C(=O)NCCc2ccc(S(N)(=O)=O)cc2)co1. The topological polar surface area (TPSA) is 162 Å². The summed E-state index contributed by atoms with van der Waals surface area (Å²) in [7, 11) is -3.72. The van der Waals surface area contributed by atoms with Crippen LogP contribution in [0.2, 0.25) is 0 Å². The second-order valence-corrected chi connectivity index (χ2v) is 7.09. The maximum atomic E-state index is 12.0. The zero-order valence-electron chi connectivity index (χ0n) is 13.5. The number of nitrogens with one attached hydrogen (secondary N) is 1. The minimum Gasteiger partial charge on any atom is -0.446 e. The molecule has 9 nitrogen and oxygen atoms in total. The molecule has 0 aliphatic heterocycles. The molecule has 2 atom stereocenters. The van der Waals surface area contributed by atoms with Crippen LogP contribution in [0.25, 0.3) is 0 Å². The average Bonchev–Trinajstić information content (AvgIpc) is 3.03. The quantitative estimate of drug-likeness (QED) is 0.520. The molecule has 25 heavy (non-hydrogen) atoms. The first-order chi connectivity index (χ1) is 11.7. The van der Waals surface area contributed by atoms with Crippen LogP contribution >= 0.6 is 0 Å². The smallest absolute Gasteiger partial charge is 0.273 e. The predicted octanol–water partition coefficient (Wildman–Crippen LogP) is -0.325. The predicted molar refractivity (Wildman–Crippen MR) is 89.0 cm³/mol. The summed E-state index contributed by atoms with van der Waals surface area (Å²) in [6, 6.07) is 5.27. The van der Waals surface area contributed by atoms with Crippen LogP contribution in [0.15, 0.2) is 39.8 Å². The highest BCUT2D eigenvalue weighted by Gasteiger charge is 2.20. The molecule has 10 heteroatoms. The van der Waals surface area contributed by atoms with E-state index in [1.54, 1.807) is 12.1 Å². The summed E-state index contributed by atoms with van der Waals surface area (Å²) in [6.45, 7) is 1.81. The van der Waals surface area contributed by atoms with E-state index in [0.717, 1.165) is 5.56 Å². The summed E-state index contributed by atoms with van der Waals surface area (Å²) < 4.78 is 27.4. The van der Waals surface area contributed by atoms with E-state index in [1.807, 2.05) is 0 Å². The molecule has 1 aromatic heterocycles. The molecular formula is C15H20N4O5S. The van der Waals surface area contributed by atoms with Gasteiger partial charge in [-0.3, -0.25) is 4.79 Å². The van der Waals surface area contributed by atoms with Crippen molar-refractivity contribution in [2.24, 2.45) is 10.9 Å². The monoisotopic (exact) mass is 368 g/mol. The lowest BCUT2D eigenvalue weighted by atomic mass is 10.1. The summed E-state index contributed by atoms with van der Waals surface area (Å²) in [5.74, 6) is -0.354. The summed E-state index contributed by atoms with van der Waals surface area (Å²) >= 11 is 0. The van der Waals surface area contributed by atoms with Crippen LogP contribution in [0.4, 0.5) is 0 Å². The molecule has 136 valence electrons. The number of primary sulfonamides is 1. The van der Waals surface area contributed by atoms with Crippen LogP contribution in [0.5, 0.6) is 0 Å². The van der Waals surface area contributed by atoms with Gasteiger partial charge in [0.25, 0.3) is 5.91 Å². The second-order valence-electron chi connectivity index (χ2n) is 5.53. The molecular weight excluding hydrogens is 348 g/mol. The highest BCUT2D eigenvalue weighted by Crippen LogP contribution is 2.13. The summed E-state index contributed by atoms with van der Waals surface area (Å²) in [4.78, 5) is 16.0. The van der Waals surface area contributed by atoms with E-state index in [1.165, 1.54) is 25.3 Å². The molecule has 0 radical (unpaired) electrons. The van der Waals surface area contributed by atoms with Gasteiger partial charge in [0.15, 0.2) is 5.69 Å². The number of nitrogens with two attached hydrogens (primary N) is 2. The highest BCUT2D eigenvalue weighted by atomic mass is 32.2. The number of sulfonamides is 1. The first kappa shape index (κ1) is 19.1. The van der Waals surface area contributed by atoms with Crippen molar-refractivity contribution in [1.82, 2.24) is 10.3 Å². The van der Waals surface area contributed by atoms with Crippen LogP contribution in [0, 0.1) is 0 Å². The molecule has 1 aromatic carbocycles. The van der Waals surface area contributed by atoms with Gasteiger partial charge in [0.05, 0.1) is 11.0 Å². The fraction of sp³-hybridized carbons (Fsp3) is 0.333. The Morgan fingerprint density at radius 3 is 2.56 bits per heavy atom. The lowest BCUT2D eigenvalue weighted by Gasteiger charge is -2.09. The van der Waals surface area contributed by atoms with Crippen LogP contribution in [-0.4, -0.2) is 37.1 Å². The van der Waals surface area contributed by atoms with Gasteiger partial charge in [0, 0.05) is 6.54 Å². The van der Waals surface area contributed by atoms with Crippen molar-refractivity contribution < 1.29 is 22.7 Å². The maximum Gasteiger partial charge on any atom is 0.273 e. The van der Waals surface area contributed by atoms with E-state index < -0.39 is 28.1 Å². The van der Waals surface area contributed by atoms with Crippen LogP contribution < -0.4 is 16.2 Å². The number of carbonyl (C=O) groups is 1. The number of aliphatic hydroxyl groups excluding tert-OH is 1. The van der Waals surface area contributed by atoms with Gasteiger partial charge in [-0.15, -0.1) is 0 Å². The van der Waals surface area contributed by atoms with Gasteiger partial charge in [-0.2, -0.15) is 0 Å². The van der Waals surface area contributed by atoms with Crippen molar-refractivity contribution >= 4 is 15.9 Å². The molecule has 0 aliphatic carbocycles. The number of benzene rings is 1. The average molecular weight is 368 g/mol. The number of oxazole rings is 1. The van der Waals surface area contributed by atoms with Crippen molar-refractivity contribution in [1.29, 1.82) is 0 Å². The maximum absolute atomic E-state index is 12.0. The molecule has 2 rings (SSSR count). The number of aliphatic hydroxyl groups is 1. The minimum atomic E-state index is -3.72. The van der Waals surface area contributed by atoms with Gasteiger partial charge in [-0.05, 0) is 31.0 Å². The van der Waals surface area contributed by atoms with Crippen molar-refractivity contribution in [3.8, 4) is 0 Å². The number of hydrogen-bond acceptors (Lipinski definition) is 7. The van der Waals surface area contributed by atoms with Gasteiger partial charge in [-0.1, -0.05) is 12.1 Å². The van der Waals surface area contributed by atoms with E-state index in [9.17, 15) is 18.3 Å². The Kier molecular flexibility index (Phi) is 5.90. The number of nitrogens with zero attached hydrogens (tertiary/aromatic N) is 1. The third-order valence-corrected chi connectivity index (χ3v) is 4.44. The molecule has 0 bridgehead atoms. The largest absolute Gasteiger partial charge is 0.446 e. The highest BCUT2D eigenvalue weighted by molar-refractivity contribution is 7.89. The van der Waals surface area contributed by atoms with E-state index in [-0.39, 0.29) is 16.5 Å².